The van der Waals surface area contributed by atoms with E-state index in [0.29, 0.717) is 22.7 Å². The molecule has 3 rings (SSSR count). The largest absolute Gasteiger partial charge is 0.482 e. The number of carbonyl (C=O) groups excluding carboxylic acids is 4. The molecule has 0 bridgehead atoms. The number of carbonyl (C=O) groups is 4. The third kappa shape index (κ3) is 6.05. The molecule has 9 nitrogen and oxygen atoms in total. The zero-order valence-corrected chi connectivity index (χ0v) is 18.2. The fourth-order valence-corrected chi connectivity index (χ4v) is 3.23. The highest BCUT2D eigenvalue weighted by atomic mass is 79.9. The normalized spacial score (nSPS) is 12.5. The lowest BCUT2D eigenvalue weighted by Crippen LogP contribution is -2.43. The highest BCUT2D eigenvalue weighted by molar-refractivity contribution is 9.10. The maximum atomic E-state index is 12.5. The van der Waals surface area contributed by atoms with Crippen LogP contribution in [0.25, 0.3) is 0 Å². The van der Waals surface area contributed by atoms with E-state index in [1.165, 1.54) is 12.0 Å². The van der Waals surface area contributed by atoms with Crippen LogP contribution in [-0.2, 0) is 30.3 Å². The number of nitrogens with one attached hydrogen (secondary N) is 2. The molecule has 2 aromatic carbocycles. The quantitative estimate of drug-likeness (QED) is 0.571. The third-order valence-electron chi connectivity index (χ3n) is 4.43. The van der Waals surface area contributed by atoms with Gasteiger partial charge in [-0.15, -0.1) is 0 Å². The summed E-state index contributed by atoms with van der Waals surface area (Å²) in [5, 5.41) is 5.19. The fourth-order valence-electron chi connectivity index (χ4n) is 2.89. The molecule has 0 saturated heterocycles. The average molecular weight is 490 g/mol. The van der Waals surface area contributed by atoms with Gasteiger partial charge >= 0.3 is 5.97 Å². The van der Waals surface area contributed by atoms with Crippen molar-refractivity contribution in [2.75, 3.05) is 37.0 Å². The van der Waals surface area contributed by atoms with Crippen molar-refractivity contribution in [2.45, 2.75) is 6.42 Å². The van der Waals surface area contributed by atoms with Crippen molar-refractivity contribution < 1.29 is 28.7 Å². The second-order valence-corrected chi connectivity index (χ2v) is 7.57. The Morgan fingerprint density at radius 1 is 1.13 bits per heavy atom. The van der Waals surface area contributed by atoms with Gasteiger partial charge in [-0.2, -0.15) is 0 Å². The van der Waals surface area contributed by atoms with Gasteiger partial charge in [0.05, 0.1) is 19.2 Å². The van der Waals surface area contributed by atoms with Crippen LogP contribution in [0.15, 0.2) is 46.9 Å². The van der Waals surface area contributed by atoms with Gasteiger partial charge in [-0.3, -0.25) is 24.1 Å². The maximum Gasteiger partial charge on any atom is 0.325 e. The van der Waals surface area contributed by atoms with E-state index in [9.17, 15) is 19.2 Å². The standard InChI is InChI=1S/C21H20BrN3O6/c1-30-21(29)10-23-18(26)8-13-2-5-15(6-3-13)24-19(27)11-25-16-7-4-14(22)9-17(16)31-12-20(25)28/h2-7,9H,8,10-12H2,1H3,(H,23,26)(H,24,27). The molecular formula is C21H20BrN3O6. The summed E-state index contributed by atoms with van der Waals surface area (Å²) in [5.74, 6) is -0.999. The first-order chi connectivity index (χ1) is 14.9. The van der Waals surface area contributed by atoms with E-state index in [-0.39, 0.29) is 43.8 Å². The van der Waals surface area contributed by atoms with Crippen molar-refractivity contribution in [3.8, 4) is 5.75 Å². The summed E-state index contributed by atoms with van der Waals surface area (Å²) in [7, 11) is 1.24. The number of methoxy groups -OCH3 is 1. The molecule has 0 saturated carbocycles. The molecular weight excluding hydrogens is 470 g/mol. The number of rotatable bonds is 7. The Bertz CT molecular complexity index is 1010. The van der Waals surface area contributed by atoms with Crippen LogP contribution in [-0.4, -0.2) is 50.5 Å². The van der Waals surface area contributed by atoms with Gasteiger partial charge in [0.25, 0.3) is 5.91 Å². The number of fused-ring (bicyclic) bond motifs is 1. The number of anilines is 2. The van der Waals surface area contributed by atoms with Gasteiger partial charge in [0.15, 0.2) is 6.61 Å². The SMILES string of the molecule is COC(=O)CNC(=O)Cc1ccc(NC(=O)CN2C(=O)COc3cc(Br)ccc32)cc1. The molecule has 0 spiro atoms. The Morgan fingerprint density at radius 2 is 1.87 bits per heavy atom. The molecule has 0 aromatic heterocycles. The van der Waals surface area contributed by atoms with Crippen LogP contribution in [0, 0.1) is 0 Å². The zero-order chi connectivity index (χ0) is 22.4. The van der Waals surface area contributed by atoms with Crippen LogP contribution in [0.1, 0.15) is 5.56 Å². The van der Waals surface area contributed by atoms with Crippen LogP contribution >= 0.6 is 15.9 Å². The summed E-state index contributed by atoms with van der Waals surface area (Å²) in [6.45, 7) is -0.484. The van der Waals surface area contributed by atoms with E-state index in [1.807, 2.05) is 0 Å². The van der Waals surface area contributed by atoms with Crippen molar-refractivity contribution in [3.05, 3.63) is 52.5 Å². The molecule has 162 valence electrons. The molecule has 1 aliphatic rings. The highest BCUT2D eigenvalue weighted by Gasteiger charge is 2.27. The number of esters is 1. The Balaban J connectivity index is 1.56. The van der Waals surface area contributed by atoms with Crippen molar-refractivity contribution >= 4 is 51.0 Å². The summed E-state index contributed by atoms with van der Waals surface area (Å²) in [6, 6.07) is 11.9. The van der Waals surface area contributed by atoms with Crippen LogP contribution < -0.4 is 20.3 Å². The van der Waals surface area contributed by atoms with E-state index < -0.39 is 5.97 Å². The highest BCUT2D eigenvalue weighted by Crippen LogP contribution is 2.34. The molecule has 1 aliphatic heterocycles. The number of hydrogen-bond donors (Lipinski definition) is 2. The van der Waals surface area contributed by atoms with E-state index in [2.05, 4.69) is 31.3 Å². The second kappa shape index (κ2) is 10.1. The Labute approximate surface area is 186 Å². The molecule has 10 heteroatoms. The van der Waals surface area contributed by atoms with Crippen molar-refractivity contribution in [3.63, 3.8) is 0 Å². The summed E-state index contributed by atoms with van der Waals surface area (Å²) in [6.07, 6.45) is 0.0832. The van der Waals surface area contributed by atoms with Gasteiger partial charge in [-0.1, -0.05) is 28.1 Å². The molecule has 3 amide bonds. The number of amides is 3. The first-order valence-corrected chi connectivity index (χ1v) is 10.1. The molecule has 2 N–H and O–H groups in total. The number of hydrogen-bond acceptors (Lipinski definition) is 6. The lowest BCUT2D eigenvalue weighted by molar-refractivity contribution is -0.141. The predicted octanol–water partition coefficient (Wildman–Crippen LogP) is 1.64. The predicted molar refractivity (Wildman–Crippen MR) is 116 cm³/mol. The van der Waals surface area contributed by atoms with E-state index in [1.54, 1.807) is 42.5 Å². The van der Waals surface area contributed by atoms with Crippen LogP contribution in [0.3, 0.4) is 0 Å². The molecule has 31 heavy (non-hydrogen) atoms. The number of nitrogens with zero attached hydrogens (tertiary/aromatic N) is 1. The van der Waals surface area contributed by atoms with Gasteiger partial charge < -0.3 is 20.1 Å². The Kier molecular flexibility index (Phi) is 7.24. The minimum absolute atomic E-state index is 0.0832. The number of ether oxygens (including phenoxy) is 2. The van der Waals surface area contributed by atoms with Gasteiger partial charge in [-0.05, 0) is 35.9 Å². The minimum atomic E-state index is -0.527. The zero-order valence-electron chi connectivity index (χ0n) is 16.6. The van der Waals surface area contributed by atoms with E-state index in [0.717, 1.165) is 4.47 Å². The minimum Gasteiger partial charge on any atom is -0.482 e. The van der Waals surface area contributed by atoms with Gasteiger partial charge in [-0.25, -0.2) is 0 Å². The fraction of sp³-hybridized carbons (Fsp3) is 0.238. The van der Waals surface area contributed by atoms with Crippen LogP contribution in [0.4, 0.5) is 11.4 Å². The summed E-state index contributed by atoms with van der Waals surface area (Å²) in [5.41, 5.74) is 1.77. The lowest BCUT2D eigenvalue weighted by atomic mass is 10.1. The molecule has 0 unspecified atom stereocenters. The van der Waals surface area contributed by atoms with Gasteiger partial charge in [0, 0.05) is 10.2 Å². The summed E-state index contributed by atoms with van der Waals surface area (Å²) < 4.78 is 10.7. The van der Waals surface area contributed by atoms with E-state index in [4.69, 9.17) is 4.74 Å². The Morgan fingerprint density at radius 3 is 2.58 bits per heavy atom. The van der Waals surface area contributed by atoms with Gasteiger partial charge in [0.1, 0.15) is 18.8 Å². The number of benzene rings is 2. The van der Waals surface area contributed by atoms with Crippen LogP contribution in [0.2, 0.25) is 0 Å². The average Bonchev–Trinajstić information content (AvgIpc) is 2.75. The lowest BCUT2D eigenvalue weighted by Gasteiger charge is -2.29. The first-order valence-electron chi connectivity index (χ1n) is 9.30. The van der Waals surface area contributed by atoms with Gasteiger partial charge in [0.2, 0.25) is 11.8 Å². The molecule has 2 aromatic rings. The van der Waals surface area contributed by atoms with Crippen molar-refractivity contribution in [2.24, 2.45) is 0 Å². The van der Waals surface area contributed by atoms with Crippen molar-refractivity contribution in [1.29, 1.82) is 0 Å². The Hall–Kier alpha value is -3.40. The third-order valence-corrected chi connectivity index (χ3v) is 4.92. The summed E-state index contributed by atoms with van der Waals surface area (Å²) >= 11 is 3.35. The summed E-state index contributed by atoms with van der Waals surface area (Å²) in [4.78, 5) is 49.0. The second-order valence-electron chi connectivity index (χ2n) is 6.66. The molecule has 0 radical (unpaired) electrons. The molecule has 1 heterocycles. The monoisotopic (exact) mass is 489 g/mol. The van der Waals surface area contributed by atoms with E-state index >= 15 is 0 Å². The molecule has 0 atom stereocenters. The first kappa shape index (κ1) is 22.3. The number of halogens is 1. The molecule has 0 aliphatic carbocycles. The van der Waals surface area contributed by atoms with Crippen molar-refractivity contribution in [1.82, 2.24) is 5.32 Å². The molecule has 0 fully saturated rings. The van der Waals surface area contributed by atoms with Crippen LogP contribution in [0.5, 0.6) is 5.75 Å². The smallest absolute Gasteiger partial charge is 0.325 e. The maximum absolute atomic E-state index is 12.5. The topological polar surface area (TPSA) is 114 Å².